The van der Waals surface area contributed by atoms with Gasteiger partial charge in [0.2, 0.25) is 10.0 Å². The van der Waals surface area contributed by atoms with E-state index in [1.807, 2.05) is 5.38 Å². The van der Waals surface area contributed by atoms with Crippen LogP contribution in [0.15, 0.2) is 45.5 Å². The first-order valence-electron chi connectivity index (χ1n) is 10.1. The number of nitrogens with zero attached hydrogens (tertiary/aromatic N) is 4. The Morgan fingerprint density at radius 1 is 1.03 bits per heavy atom. The number of sulfonamides is 1. The predicted molar refractivity (Wildman–Crippen MR) is 115 cm³/mol. The average Bonchev–Trinajstić information content (AvgIpc) is 3.11. The van der Waals surface area contributed by atoms with Crippen LogP contribution in [0.1, 0.15) is 12.1 Å². The third kappa shape index (κ3) is 4.05. The molecule has 0 saturated carbocycles. The van der Waals surface area contributed by atoms with Crippen molar-refractivity contribution in [1.29, 1.82) is 0 Å². The van der Waals surface area contributed by atoms with Gasteiger partial charge in [0.05, 0.1) is 23.8 Å². The number of piperazine rings is 1. The molecule has 0 spiro atoms. The highest BCUT2D eigenvalue weighted by molar-refractivity contribution is 7.89. The standard InChI is InChI=1S/C20H22N4O5S2/c25-19-12-15(21-20-24(19)8-11-30-20)14-22-4-6-23(7-5-22)31(26,27)16-2-3-17-18(13-16)29-10-1-9-28-17/h2-3,8,11-13H,1,4-7,9-10,14H2. The Morgan fingerprint density at radius 3 is 2.61 bits per heavy atom. The van der Waals surface area contributed by atoms with Gasteiger partial charge in [-0.05, 0) is 12.1 Å². The van der Waals surface area contributed by atoms with Crippen LogP contribution in [0.4, 0.5) is 0 Å². The fourth-order valence-corrected chi connectivity index (χ4v) is 5.96. The first-order valence-corrected chi connectivity index (χ1v) is 12.4. The molecule has 1 saturated heterocycles. The first-order chi connectivity index (χ1) is 15.0. The van der Waals surface area contributed by atoms with Crippen LogP contribution in [0, 0.1) is 0 Å². The molecule has 0 atom stereocenters. The van der Waals surface area contributed by atoms with Crippen LogP contribution in [-0.4, -0.2) is 66.4 Å². The fraction of sp³-hybridized carbons (Fsp3) is 0.400. The summed E-state index contributed by atoms with van der Waals surface area (Å²) in [6.07, 6.45) is 2.47. The average molecular weight is 463 g/mol. The first kappa shape index (κ1) is 20.4. The lowest BCUT2D eigenvalue weighted by molar-refractivity contribution is 0.180. The molecule has 1 aromatic carbocycles. The summed E-state index contributed by atoms with van der Waals surface area (Å²) in [4.78, 5) is 19.7. The van der Waals surface area contributed by atoms with Gasteiger partial charge < -0.3 is 9.47 Å². The summed E-state index contributed by atoms with van der Waals surface area (Å²) in [5.74, 6) is 1.05. The second kappa shape index (κ2) is 8.23. The van der Waals surface area contributed by atoms with E-state index in [1.54, 1.807) is 30.5 Å². The zero-order chi connectivity index (χ0) is 21.4. The highest BCUT2D eigenvalue weighted by Crippen LogP contribution is 2.33. The summed E-state index contributed by atoms with van der Waals surface area (Å²) < 4.78 is 40.5. The number of thiazole rings is 1. The lowest BCUT2D eigenvalue weighted by Gasteiger charge is -2.33. The maximum atomic E-state index is 13.1. The van der Waals surface area contributed by atoms with Gasteiger partial charge in [0, 0.05) is 62.9 Å². The molecule has 0 unspecified atom stereocenters. The molecule has 164 valence electrons. The minimum Gasteiger partial charge on any atom is -0.490 e. The Morgan fingerprint density at radius 2 is 1.81 bits per heavy atom. The SMILES string of the molecule is O=c1cc(CN2CCN(S(=O)(=O)c3ccc4c(c3)OCCCO4)CC2)nc2sccn12. The smallest absolute Gasteiger partial charge is 0.258 e. The van der Waals surface area contributed by atoms with Crippen molar-refractivity contribution in [3.8, 4) is 11.5 Å². The van der Waals surface area contributed by atoms with Gasteiger partial charge in [0.1, 0.15) is 0 Å². The summed E-state index contributed by atoms with van der Waals surface area (Å²) in [6, 6.07) is 6.33. The second-order valence-corrected chi connectivity index (χ2v) is 10.3. The van der Waals surface area contributed by atoms with Gasteiger partial charge in [0.25, 0.3) is 5.56 Å². The van der Waals surface area contributed by atoms with Gasteiger partial charge >= 0.3 is 0 Å². The van der Waals surface area contributed by atoms with E-state index < -0.39 is 10.0 Å². The van der Waals surface area contributed by atoms with Crippen LogP contribution in [0.2, 0.25) is 0 Å². The summed E-state index contributed by atoms with van der Waals surface area (Å²) in [5.41, 5.74) is 0.600. The van der Waals surface area contributed by atoms with Crippen molar-refractivity contribution in [3.63, 3.8) is 0 Å². The van der Waals surface area contributed by atoms with Crippen molar-refractivity contribution in [3.05, 3.63) is 51.9 Å². The van der Waals surface area contributed by atoms with E-state index in [0.29, 0.717) is 68.1 Å². The van der Waals surface area contributed by atoms with Crippen molar-refractivity contribution in [2.24, 2.45) is 0 Å². The molecule has 0 radical (unpaired) electrons. The van der Waals surface area contributed by atoms with Crippen molar-refractivity contribution in [2.45, 2.75) is 17.9 Å². The van der Waals surface area contributed by atoms with E-state index >= 15 is 0 Å². The largest absolute Gasteiger partial charge is 0.490 e. The molecule has 9 nitrogen and oxygen atoms in total. The van der Waals surface area contributed by atoms with Crippen LogP contribution in [0.3, 0.4) is 0 Å². The van der Waals surface area contributed by atoms with Crippen LogP contribution < -0.4 is 15.0 Å². The van der Waals surface area contributed by atoms with Crippen LogP contribution in [-0.2, 0) is 16.6 Å². The molecular weight excluding hydrogens is 440 g/mol. The Labute approximate surface area is 183 Å². The highest BCUT2D eigenvalue weighted by Gasteiger charge is 2.29. The van der Waals surface area contributed by atoms with E-state index in [2.05, 4.69) is 9.88 Å². The molecule has 0 N–H and O–H groups in total. The minimum atomic E-state index is -3.63. The number of aromatic nitrogens is 2. The number of hydrogen-bond donors (Lipinski definition) is 0. The maximum Gasteiger partial charge on any atom is 0.258 e. The second-order valence-electron chi connectivity index (χ2n) is 7.48. The Bertz CT molecular complexity index is 1260. The Kier molecular flexibility index (Phi) is 5.42. The molecule has 0 amide bonds. The molecule has 2 aromatic heterocycles. The topological polar surface area (TPSA) is 93.5 Å². The quantitative estimate of drug-likeness (QED) is 0.579. The number of benzene rings is 1. The highest BCUT2D eigenvalue weighted by atomic mass is 32.2. The molecule has 2 aliphatic rings. The molecule has 0 aliphatic carbocycles. The summed E-state index contributed by atoms with van der Waals surface area (Å²) in [6.45, 7) is 3.45. The maximum absolute atomic E-state index is 13.1. The number of fused-ring (bicyclic) bond motifs is 2. The van der Waals surface area contributed by atoms with Gasteiger partial charge in [-0.25, -0.2) is 13.4 Å². The molecule has 3 aromatic rings. The predicted octanol–water partition coefficient (Wildman–Crippen LogP) is 1.42. The monoisotopic (exact) mass is 462 g/mol. The van der Waals surface area contributed by atoms with Gasteiger partial charge in [-0.15, -0.1) is 11.3 Å². The van der Waals surface area contributed by atoms with Crippen molar-refractivity contribution in [2.75, 3.05) is 39.4 Å². The minimum absolute atomic E-state index is 0.100. The molecule has 31 heavy (non-hydrogen) atoms. The number of ether oxygens (including phenoxy) is 2. The molecule has 11 heteroatoms. The van der Waals surface area contributed by atoms with Crippen molar-refractivity contribution in [1.82, 2.24) is 18.6 Å². The molecular formula is C20H22N4O5S2. The van der Waals surface area contributed by atoms with Crippen LogP contribution in [0.5, 0.6) is 11.5 Å². The van der Waals surface area contributed by atoms with Gasteiger partial charge in [-0.1, -0.05) is 0 Å². The van der Waals surface area contributed by atoms with E-state index in [9.17, 15) is 13.2 Å². The van der Waals surface area contributed by atoms with E-state index in [0.717, 1.165) is 6.42 Å². The Balaban J connectivity index is 1.27. The summed E-state index contributed by atoms with van der Waals surface area (Å²) in [7, 11) is -3.63. The zero-order valence-corrected chi connectivity index (χ0v) is 18.4. The van der Waals surface area contributed by atoms with Gasteiger partial charge in [-0.3, -0.25) is 14.1 Å². The third-order valence-corrected chi connectivity index (χ3v) is 8.08. The number of rotatable bonds is 4. The van der Waals surface area contributed by atoms with Gasteiger partial charge in [0.15, 0.2) is 16.5 Å². The molecule has 2 aliphatic heterocycles. The fourth-order valence-electron chi connectivity index (χ4n) is 3.78. The molecule has 4 heterocycles. The molecule has 5 rings (SSSR count). The van der Waals surface area contributed by atoms with E-state index in [4.69, 9.17) is 9.47 Å². The van der Waals surface area contributed by atoms with Crippen LogP contribution in [0.25, 0.3) is 4.96 Å². The van der Waals surface area contributed by atoms with Crippen molar-refractivity contribution < 1.29 is 17.9 Å². The Hall–Kier alpha value is -2.47. The summed E-state index contributed by atoms with van der Waals surface area (Å²) in [5, 5.41) is 1.83. The lowest BCUT2D eigenvalue weighted by atomic mass is 10.3. The molecule has 0 bridgehead atoms. The number of hydrogen-bond acceptors (Lipinski definition) is 8. The lowest BCUT2D eigenvalue weighted by Crippen LogP contribution is -2.48. The zero-order valence-electron chi connectivity index (χ0n) is 16.8. The summed E-state index contributed by atoms with van der Waals surface area (Å²) >= 11 is 1.42. The van der Waals surface area contributed by atoms with E-state index in [-0.39, 0.29) is 10.5 Å². The van der Waals surface area contributed by atoms with E-state index in [1.165, 1.54) is 20.0 Å². The van der Waals surface area contributed by atoms with Crippen molar-refractivity contribution >= 4 is 26.3 Å². The normalized spacial score (nSPS) is 18.2. The molecule has 1 fully saturated rings. The van der Waals surface area contributed by atoms with Crippen LogP contribution >= 0.6 is 11.3 Å². The third-order valence-electron chi connectivity index (χ3n) is 5.43. The van der Waals surface area contributed by atoms with Gasteiger partial charge in [-0.2, -0.15) is 4.31 Å².